The molecule has 16 nitrogen and oxygen atoms in total. The molecule has 0 atom stereocenters. The number of hydrogen-bond donors (Lipinski definition) is 4. The molecule has 0 aromatic heterocycles. The van der Waals surface area contributed by atoms with Crippen molar-refractivity contribution in [1.82, 2.24) is 14.2 Å². The topological polar surface area (TPSA) is 214 Å². The highest BCUT2D eigenvalue weighted by atomic mass is 32.2. The average Bonchev–Trinajstić information content (AvgIpc) is 3.17. The number of benzene rings is 4. The summed E-state index contributed by atoms with van der Waals surface area (Å²) < 4.78 is 123. The third-order valence-electron chi connectivity index (χ3n) is 8.41. The van der Waals surface area contributed by atoms with Crippen LogP contribution in [-0.2, 0) is 58.5 Å². The van der Waals surface area contributed by atoms with E-state index in [9.17, 15) is 30.4 Å². The Bertz CT molecular complexity index is 2100. The van der Waals surface area contributed by atoms with Crippen LogP contribution in [-0.4, -0.2) is 129 Å². The van der Waals surface area contributed by atoms with E-state index in [1.165, 1.54) is 24.3 Å². The van der Waals surface area contributed by atoms with E-state index in [0.29, 0.717) is 39.6 Å². The Morgan fingerprint density at radius 2 is 0.714 bits per heavy atom. The normalized spacial score (nSPS) is 12.8. The van der Waals surface area contributed by atoms with Crippen molar-refractivity contribution in [2.45, 2.75) is 54.7 Å². The number of nitrogens with one attached hydrogen (secondary N) is 3. The largest absolute Gasteiger partial charge is 0.507 e. The summed E-state index contributed by atoms with van der Waals surface area (Å²) in [4.78, 5) is -1.00. The van der Waals surface area contributed by atoms with Gasteiger partial charge in [-0.1, -0.05) is 39.0 Å². The SMILES string of the molecule is CCCOCCOCCNS(=O)(=O)c1cc(O)c2ccc3c(S(=O)(=O)NCCOCCOCCC)cc(S(=O)(=O)NCCOCCOCCC)c4ccc1c2c34. The quantitative estimate of drug-likeness (QED) is 0.0438. The molecule has 314 valence electrons. The summed E-state index contributed by atoms with van der Waals surface area (Å²) in [6.45, 7) is 9.36. The second kappa shape index (κ2) is 22.4. The van der Waals surface area contributed by atoms with E-state index in [-0.39, 0.29) is 106 Å². The van der Waals surface area contributed by atoms with Crippen molar-refractivity contribution in [1.29, 1.82) is 0 Å². The molecule has 0 aliphatic rings. The highest BCUT2D eigenvalue weighted by Gasteiger charge is 2.29. The van der Waals surface area contributed by atoms with Crippen LogP contribution in [0.25, 0.3) is 32.3 Å². The van der Waals surface area contributed by atoms with Gasteiger partial charge in [-0.15, -0.1) is 0 Å². The molecule has 0 spiro atoms. The van der Waals surface area contributed by atoms with E-state index in [1.807, 2.05) is 20.8 Å². The maximum Gasteiger partial charge on any atom is 0.241 e. The Morgan fingerprint density at radius 3 is 1.05 bits per heavy atom. The van der Waals surface area contributed by atoms with Crippen LogP contribution in [0.4, 0.5) is 0 Å². The maximum atomic E-state index is 14.0. The number of rotatable bonds is 30. The van der Waals surface area contributed by atoms with Crippen LogP contribution in [0.3, 0.4) is 0 Å². The van der Waals surface area contributed by atoms with Gasteiger partial charge in [0.1, 0.15) is 5.75 Å². The molecule has 4 rings (SSSR count). The van der Waals surface area contributed by atoms with Crippen LogP contribution in [0.15, 0.2) is 51.1 Å². The lowest BCUT2D eigenvalue weighted by Gasteiger charge is -2.20. The minimum absolute atomic E-state index is 0.0243. The molecule has 0 unspecified atom stereocenters. The van der Waals surface area contributed by atoms with E-state index in [1.54, 1.807) is 0 Å². The molecule has 0 aliphatic heterocycles. The highest BCUT2D eigenvalue weighted by Crippen LogP contribution is 2.44. The van der Waals surface area contributed by atoms with Gasteiger partial charge < -0.3 is 33.5 Å². The minimum Gasteiger partial charge on any atom is -0.507 e. The van der Waals surface area contributed by atoms with Gasteiger partial charge in [0.05, 0.1) is 74.1 Å². The molecule has 56 heavy (non-hydrogen) atoms. The molecule has 0 bridgehead atoms. The number of sulfonamides is 3. The van der Waals surface area contributed by atoms with Crippen LogP contribution in [0.1, 0.15) is 40.0 Å². The van der Waals surface area contributed by atoms with Gasteiger partial charge >= 0.3 is 0 Å². The molecular weight excluding hydrogens is 791 g/mol. The van der Waals surface area contributed by atoms with Gasteiger partial charge in [-0.05, 0) is 31.4 Å². The Labute approximate surface area is 330 Å². The van der Waals surface area contributed by atoms with Crippen LogP contribution < -0.4 is 14.2 Å². The number of phenols is 1. The molecule has 4 N–H and O–H groups in total. The van der Waals surface area contributed by atoms with Crippen LogP contribution in [0.5, 0.6) is 5.75 Å². The summed E-state index contributed by atoms with van der Waals surface area (Å²) in [7, 11) is -13.0. The van der Waals surface area contributed by atoms with E-state index in [0.717, 1.165) is 31.4 Å². The molecule has 0 saturated heterocycles. The Morgan fingerprint density at radius 1 is 0.429 bits per heavy atom. The lowest BCUT2D eigenvalue weighted by atomic mass is 9.94. The molecule has 0 fully saturated rings. The van der Waals surface area contributed by atoms with E-state index < -0.39 is 35.8 Å². The first-order valence-corrected chi connectivity index (χ1v) is 23.3. The fourth-order valence-corrected chi connectivity index (χ4v) is 9.71. The van der Waals surface area contributed by atoms with Crippen molar-refractivity contribution in [3.8, 4) is 5.75 Å². The molecule has 0 saturated carbocycles. The van der Waals surface area contributed by atoms with Gasteiger partial charge in [0.15, 0.2) is 0 Å². The molecule has 0 heterocycles. The van der Waals surface area contributed by atoms with Gasteiger partial charge in [0.25, 0.3) is 0 Å². The molecule has 0 aliphatic carbocycles. The zero-order valence-corrected chi connectivity index (χ0v) is 34.7. The standard InChI is InChI=1S/C37H55N3O13S3/c1-4-14-48-20-23-51-17-11-38-54(42,43)33-26-32(41)28-7-8-30-34(55(44,45)39-12-18-52-24-21-49-15-5-2)27-35(31-10-9-29(33)36(28)37(30)31)56(46,47)40-13-19-53-25-22-50-16-6-3/h7-10,26-27,38-41H,4-6,11-25H2,1-3H3. The lowest BCUT2D eigenvalue weighted by molar-refractivity contribution is 0.0502. The average molecular weight is 846 g/mol. The molecule has 0 amide bonds. The van der Waals surface area contributed by atoms with E-state index in [2.05, 4.69) is 14.2 Å². The number of phenolic OH excluding ortho intramolecular Hbond substituents is 1. The van der Waals surface area contributed by atoms with Gasteiger partial charge in [-0.3, -0.25) is 0 Å². The molecule has 4 aromatic carbocycles. The Kier molecular flexibility index (Phi) is 18.3. The third-order valence-corrected chi connectivity index (χ3v) is 12.9. The lowest BCUT2D eigenvalue weighted by Crippen LogP contribution is -2.30. The smallest absolute Gasteiger partial charge is 0.241 e. The van der Waals surface area contributed by atoms with Gasteiger partial charge in [0, 0.05) is 77.8 Å². The monoisotopic (exact) mass is 845 g/mol. The molecule has 0 radical (unpaired) electrons. The van der Waals surface area contributed by atoms with Crippen molar-refractivity contribution in [3.63, 3.8) is 0 Å². The number of aromatic hydroxyl groups is 1. The van der Waals surface area contributed by atoms with Crippen molar-refractivity contribution in [2.75, 3.05) is 98.9 Å². The summed E-state index contributed by atoms with van der Waals surface area (Å²) in [5.74, 6) is -0.398. The Balaban J connectivity index is 1.72. The number of ether oxygens (including phenoxy) is 6. The predicted octanol–water partition coefficient (Wildman–Crippen LogP) is 3.45. The summed E-state index contributed by atoms with van der Waals surface area (Å²) in [6, 6.07) is 8.02. The zero-order chi connectivity index (χ0) is 40.6. The molecule has 19 heteroatoms. The fourth-order valence-electron chi connectivity index (χ4n) is 5.92. The maximum absolute atomic E-state index is 14.0. The van der Waals surface area contributed by atoms with Gasteiger partial charge in [-0.2, -0.15) is 0 Å². The van der Waals surface area contributed by atoms with Crippen LogP contribution >= 0.6 is 0 Å². The van der Waals surface area contributed by atoms with E-state index >= 15 is 0 Å². The van der Waals surface area contributed by atoms with Crippen LogP contribution in [0.2, 0.25) is 0 Å². The number of hydrogen-bond acceptors (Lipinski definition) is 13. The predicted molar refractivity (Wildman–Crippen MR) is 213 cm³/mol. The van der Waals surface area contributed by atoms with Crippen molar-refractivity contribution in [3.05, 3.63) is 36.4 Å². The van der Waals surface area contributed by atoms with Crippen molar-refractivity contribution >= 4 is 62.4 Å². The first kappa shape index (κ1) is 45.9. The summed E-state index contributed by atoms with van der Waals surface area (Å²) in [6.07, 6.45) is 2.57. The van der Waals surface area contributed by atoms with Crippen LogP contribution in [0, 0.1) is 0 Å². The first-order chi connectivity index (χ1) is 26.9. The summed E-state index contributed by atoms with van der Waals surface area (Å²) in [5, 5.41) is 12.1. The van der Waals surface area contributed by atoms with Crippen molar-refractivity contribution in [2.24, 2.45) is 0 Å². The first-order valence-electron chi connectivity index (χ1n) is 18.8. The second-order valence-corrected chi connectivity index (χ2v) is 17.9. The minimum atomic E-state index is -4.39. The fraction of sp³-hybridized carbons (Fsp3) is 0.568. The molecule has 4 aromatic rings. The highest BCUT2D eigenvalue weighted by molar-refractivity contribution is 7.90. The summed E-state index contributed by atoms with van der Waals surface area (Å²) in [5.41, 5.74) is 0. The zero-order valence-electron chi connectivity index (χ0n) is 32.3. The third kappa shape index (κ3) is 12.4. The van der Waals surface area contributed by atoms with Crippen molar-refractivity contribution < 1.29 is 58.8 Å². The second-order valence-electron chi connectivity index (χ2n) is 12.7. The van der Waals surface area contributed by atoms with E-state index in [4.69, 9.17) is 28.4 Å². The molecular formula is C37H55N3O13S3. The summed E-state index contributed by atoms with van der Waals surface area (Å²) >= 11 is 0. The van der Waals surface area contributed by atoms with Gasteiger partial charge in [-0.25, -0.2) is 39.4 Å². The van der Waals surface area contributed by atoms with Gasteiger partial charge in [0.2, 0.25) is 30.1 Å². The Hall–Kier alpha value is -2.79.